The van der Waals surface area contributed by atoms with Crippen molar-refractivity contribution in [1.29, 1.82) is 0 Å². The molecule has 1 N–H and O–H groups in total. The smallest absolute Gasteiger partial charge is 0.264 e. The highest BCUT2D eigenvalue weighted by atomic mass is 16.1. The van der Waals surface area contributed by atoms with E-state index < -0.39 is 0 Å². The number of hydrogen-bond acceptors (Lipinski definition) is 3. The second-order valence-corrected chi connectivity index (χ2v) is 4.13. The number of aromatic nitrogens is 3. The molecule has 4 nitrogen and oxygen atoms in total. The number of benzene rings is 1. The van der Waals surface area contributed by atoms with Crippen molar-refractivity contribution in [2.75, 3.05) is 0 Å². The SMILES string of the molecule is O=c1ccc(-c2ccc(-c3cccnc3)cc2)n[nH]1. The van der Waals surface area contributed by atoms with E-state index >= 15 is 0 Å². The normalized spacial score (nSPS) is 10.3. The third-order valence-electron chi connectivity index (χ3n) is 2.85. The molecule has 0 spiro atoms. The molecule has 0 bridgehead atoms. The van der Waals surface area contributed by atoms with Crippen LogP contribution in [-0.4, -0.2) is 15.2 Å². The van der Waals surface area contributed by atoms with Gasteiger partial charge < -0.3 is 0 Å². The summed E-state index contributed by atoms with van der Waals surface area (Å²) in [7, 11) is 0. The van der Waals surface area contributed by atoms with E-state index in [1.165, 1.54) is 6.07 Å². The van der Waals surface area contributed by atoms with Gasteiger partial charge in [-0.3, -0.25) is 9.78 Å². The average molecular weight is 249 g/mol. The van der Waals surface area contributed by atoms with Crippen molar-refractivity contribution in [2.24, 2.45) is 0 Å². The van der Waals surface area contributed by atoms with E-state index in [2.05, 4.69) is 15.2 Å². The van der Waals surface area contributed by atoms with E-state index in [0.29, 0.717) is 0 Å². The summed E-state index contributed by atoms with van der Waals surface area (Å²) in [5.74, 6) is 0. The van der Waals surface area contributed by atoms with Gasteiger partial charge in [-0.05, 0) is 23.3 Å². The molecule has 0 fully saturated rings. The van der Waals surface area contributed by atoms with E-state index in [-0.39, 0.29) is 5.56 Å². The molecular formula is C15H11N3O. The Morgan fingerprint density at radius 3 is 2.26 bits per heavy atom. The molecular weight excluding hydrogens is 238 g/mol. The molecule has 0 saturated heterocycles. The molecule has 0 aliphatic heterocycles. The Labute approximate surface area is 109 Å². The van der Waals surface area contributed by atoms with Crippen LogP contribution < -0.4 is 5.56 Å². The molecule has 0 radical (unpaired) electrons. The molecule has 0 unspecified atom stereocenters. The molecule has 3 aromatic rings. The minimum absolute atomic E-state index is 0.198. The summed E-state index contributed by atoms with van der Waals surface area (Å²) in [5, 5.41) is 6.43. The molecule has 0 aliphatic carbocycles. The molecule has 92 valence electrons. The average Bonchev–Trinajstić information content (AvgIpc) is 2.49. The third kappa shape index (κ3) is 2.42. The zero-order valence-corrected chi connectivity index (χ0v) is 10.1. The topological polar surface area (TPSA) is 58.6 Å². The lowest BCUT2D eigenvalue weighted by molar-refractivity contribution is 0.995. The first kappa shape index (κ1) is 11.3. The van der Waals surface area contributed by atoms with Crippen molar-refractivity contribution in [1.82, 2.24) is 15.2 Å². The van der Waals surface area contributed by atoms with Crippen molar-refractivity contribution in [3.8, 4) is 22.4 Å². The maximum Gasteiger partial charge on any atom is 0.264 e. The third-order valence-corrected chi connectivity index (χ3v) is 2.85. The summed E-state index contributed by atoms with van der Waals surface area (Å²) in [6.07, 6.45) is 3.58. The van der Waals surface area contributed by atoms with Crippen molar-refractivity contribution < 1.29 is 0 Å². The molecule has 0 atom stereocenters. The molecule has 0 aliphatic rings. The first-order valence-electron chi connectivity index (χ1n) is 5.89. The Balaban J connectivity index is 1.95. The predicted octanol–water partition coefficient (Wildman–Crippen LogP) is 2.50. The van der Waals surface area contributed by atoms with Gasteiger partial charge in [0.05, 0.1) is 5.69 Å². The molecule has 3 rings (SSSR count). The standard InChI is InChI=1S/C15H11N3O/c19-15-8-7-14(17-18-15)12-5-3-11(4-6-12)13-2-1-9-16-10-13/h1-10H,(H,18,19). The second kappa shape index (κ2) is 4.86. The van der Waals surface area contributed by atoms with Gasteiger partial charge >= 0.3 is 0 Å². The largest absolute Gasteiger partial charge is 0.268 e. The maximum absolute atomic E-state index is 11.0. The Morgan fingerprint density at radius 1 is 0.842 bits per heavy atom. The van der Waals surface area contributed by atoms with Crippen molar-refractivity contribution in [3.05, 3.63) is 71.3 Å². The van der Waals surface area contributed by atoms with Crippen LogP contribution in [0.4, 0.5) is 0 Å². The van der Waals surface area contributed by atoms with Gasteiger partial charge in [0.25, 0.3) is 5.56 Å². The zero-order valence-electron chi connectivity index (χ0n) is 10.1. The van der Waals surface area contributed by atoms with Gasteiger partial charge in [0.1, 0.15) is 0 Å². The Hall–Kier alpha value is -2.75. The minimum atomic E-state index is -0.198. The Kier molecular flexibility index (Phi) is 2.90. The fourth-order valence-corrected chi connectivity index (χ4v) is 1.87. The van der Waals surface area contributed by atoms with Gasteiger partial charge in [-0.15, -0.1) is 0 Å². The monoisotopic (exact) mass is 249 g/mol. The quantitative estimate of drug-likeness (QED) is 0.759. The van der Waals surface area contributed by atoms with Crippen LogP contribution in [0.5, 0.6) is 0 Å². The van der Waals surface area contributed by atoms with Crippen LogP contribution in [0.25, 0.3) is 22.4 Å². The zero-order chi connectivity index (χ0) is 13.1. The number of aromatic amines is 1. The molecule has 0 amide bonds. The molecule has 2 heterocycles. The fourth-order valence-electron chi connectivity index (χ4n) is 1.87. The summed E-state index contributed by atoms with van der Waals surface area (Å²) in [6.45, 7) is 0. The van der Waals surface area contributed by atoms with Crippen molar-refractivity contribution in [2.45, 2.75) is 0 Å². The maximum atomic E-state index is 11.0. The van der Waals surface area contributed by atoms with Crippen LogP contribution in [0.1, 0.15) is 0 Å². The van der Waals surface area contributed by atoms with E-state index in [1.54, 1.807) is 12.3 Å². The Morgan fingerprint density at radius 2 is 1.63 bits per heavy atom. The number of nitrogens with zero attached hydrogens (tertiary/aromatic N) is 2. The number of nitrogens with one attached hydrogen (secondary N) is 1. The van der Waals surface area contributed by atoms with Crippen LogP contribution in [-0.2, 0) is 0 Å². The summed E-state index contributed by atoms with van der Waals surface area (Å²) < 4.78 is 0. The fraction of sp³-hybridized carbons (Fsp3) is 0. The molecule has 1 aromatic carbocycles. The minimum Gasteiger partial charge on any atom is -0.268 e. The highest BCUT2D eigenvalue weighted by molar-refractivity contribution is 5.67. The van der Waals surface area contributed by atoms with Gasteiger partial charge in [0.2, 0.25) is 0 Å². The first-order chi connectivity index (χ1) is 9.33. The number of H-pyrrole nitrogens is 1. The summed E-state index contributed by atoms with van der Waals surface area (Å²) in [5.41, 5.74) is 3.68. The summed E-state index contributed by atoms with van der Waals surface area (Å²) in [6, 6.07) is 15.1. The first-order valence-corrected chi connectivity index (χ1v) is 5.89. The summed E-state index contributed by atoms with van der Waals surface area (Å²) in [4.78, 5) is 15.1. The second-order valence-electron chi connectivity index (χ2n) is 4.13. The van der Waals surface area contributed by atoms with Crippen LogP contribution >= 0.6 is 0 Å². The van der Waals surface area contributed by atoms with Gasteiger partial charge in [0, 0.05) is 24.0 Å². The van der Waals surface area contributed by atoms with Crippen LogP contribution in [0, 0.1) is 0 Å². The predicted molar refractivity (Wildman–Crippen MR) is 73.5 cm³/mol. The van der Waals surface area contributed by atoms with Gasteiger partial charge in [-0.25, -0.2) is 5.10 Å². The van der Waals surface area contributed by atoms with Gasteiger partial charge in [0.15, 0.2) is 0 Å². The Bertz CT molecular complexity index is 713. The van der Waals surface area contributed by atoms with Gasteiger partial charge in [-0.1, -0.05) is 30.3 Å². The number of hydrogen-bond donors (Lipinski definition) is 1. The lowest BCUT2D eigenvalue weighted by Gasteiger charge is -2.03. The molecule has 2 aromatic heterocycles. The van der Waals surface area contributed by atoms with Crippen LogP contribution in [0.3, 0.4) is 0 Å². The molecule has 19 heavy (non-hydrogen) atoms. The van der Waals surface area contributed by atoms with Crippen LogP contribution in [0.15, 0.2) is 65.7 Å². The van der Waals surface area contributed by atoms with E-state index in [9.17, 15) is 4.79 Å². The van der Waals surface area contributed by atoms with Crippen molar-refractivity contribution in [3.63, 3.8) is 0 Å². The highest BCUT2D eigenvalue weighted by Gasteiger charge is 2.01. The van der Waals surface area contributed by atoms with E-state index in [4.69, 9.17) is 0 Å². The number of rotatable bonds is 2. The highest BCUT2D eigenvalue weighted by Crippen LogP contribution is 2.22. The lowest BCUT2D eigenvalue weighted by Crippen LogP contribution is -2.05. The number of pyridine rings is 1. The van der Waals surface area contributed by atoms with E-state index in [1.807, 2.05) is 42.6 Å². The lowest BCUT2D eigenvalue weighted by atomic mass is 10.0. The summed E-state index contributed by atoms with van der Waals surface area (Å²) >= 11 is 0. The van der Waals surface area contributed by atoms with Crippen molar-refractivity contribution >= 4 is 0 Å². The molecule has 4 heteroatoms. The molecule has 0 saturated carbocycles. The van der Waals surface area contributed by atoms with E-state index in [0.717, 1.165) is 22.4 Å². The van der Waals surface area contributed by atoms with Crippen LogP contribution in [0.2, 0.25) is 0 Å². The van der Waals surface area contributed by atoms with Gasteiger partial charge in [-0.2, -0.15) is 5.10 Å².